The van der Waals surface area contributed by atoms with Gasteiger partial charge in [-0.1, -0.05) is 18.2 Å². The second-order valence-corrected chi connectivity index (χ2v) is 5.31. The summed E-state index contributed by atoms with van der Waals surface area (Å²) in [7, 11) is 0. The fourth-order valence-corrected chi connectivity index (χ4v) is 2.92. The molecule has 1 heterocycles. The van der Waals surface area contributed by atoms with Crippen LogP contribution in [0, 0.1) is 0 Å². The maximum absolute atomic E-state index is 11.6. The van der Waals surface area contributed by atoms with E-state index in [4.69, 9.17) is 5.11 Å². The molecule has 2 rings (SSSR count). The minimum absolute atomic E-state index is 0.0453. The highest BCUT2D eigenvalue weighted by atomic mass is 32.2. The van der Waals surface area contributed by atoms with E-state index >= 15 is 0 Å². The van der Waals surface area contributed by atoms with Crippen molar-refractivity contribution in [3.05, 3.63) is 30.3 Å². The fourth-order valence-electron chi connectivity index (χ4n) is 2.05. The second-order valence-electron chi connectivity index (χ2n) is 4.14. The van der Waals surface area contributed by atoms with E-state index in [-0.39, 0.29) is 5.91 Å². The number of nitrogens with zero attached hydrogens (tertiary/aromatic N) is 1. The third-order valence-corrected chi connectivity index (χ3v) is 3.95. The van der Waals surface area contributed by atoms with Crippen LogP contribution in [0.25, 0.3) is 0 Å². The summed E-state index contributed by atoms with van der Waals surface area (Å²) >= 11 is 1.64. The molecule has 96 valence electrons. The highest BCUT2D eigenvalue weighted by Crippen LogP contribution is 2.22. The van der Waals surface area contributed by atoms with E-state index in [0.717, 1.165) is 10.6 Å². The molecule has 0 bridgehead atoms. The zero-order valence-corrected chi connectivity index (χ0v) is 10.7. The first kappa shape index (κ1) is 13.0. The standard InChI is InChI=1S/C13H15NO3S/c15-12-7-6-11(13(16)17)14(12)8-9-18-10-4-2-1-3-5-10/h1-5,11H,6-9H2,(H,16,17). The summed E-state index contributed by atoms with van der Waals surface area (Å²) in [5.41, 5.74) is 0. The molecule has 1 atom stereocenters. The molecule has 1 aromatic rings. The van der Waals surface area contributed by atoms with E-state index in [1.54, 1.807) is 11.8 Å². The van der Waals surface area contributed by atoms with E-state index in [2.05, 4.69) is 0 Å². The molecule has 1 aromatic carbocycles. The van der Waals surface area contributed by atoms with Crippen LogP contribution in [0.5, 0.6) is 0 Å². The number of likely N-dealkylation sites (tertiary alicyclic amines) is 1. The maximum Gasteiger partial charge on any atom is 0.326 e. The second kappa shape index (κ2) is 5.91. The Balaban J connectivity index is 1.85. The van der Waals surface area contributed by atoms with Crippen molar-refractivity contribution in [3.63, 3.8) is 0 Å². The molecule has 4 nitrogen and oxygen atoms in total. The van der Waals surface area contributed by atoms with E-state index in [9.17, 15) is 9.59 Å². The molecule has 0 radical (unpaired) electrons. The summed E-state index contributed by atoms with van der Waals surface area (Å²) in [6.07, 6.45) is 0.789. The van der Waals surface area contributed by atoms with Gasteiger partial charge in [-0.25, -0.2) is 4.79 Å². The van der Waals surface area contributed by atoms with Gasteiger partial charge in [0.25, 0.3) is 0 Å². The number of carbonyl (C=O) groups is 2. The van der Waals surface area contributed by atoms with Crippen LogP contribution < -0.4 is 0 Å². The van der Waals surface area contributed by atoms with Crippen molar-refractivity contribution in [2.45, 2.75) is 23.8 Å². The normalized spacial score (nSPS) is 19.2. The molecular weight excluding hydrogens is 250 g/mol. The molecule has 1 saturated heterocycles. The Hall–Kier alpha value is -1.49. The lowest BCUT2D eigenvalue weighted by Gasteiger charge is -2.21. The zero-order valence-electron chi connectivity index (χ0n) is 9.91. The lowest BCUT2D eigenvalue weighted by Crippen LogP contribution is -2.39. The van der Waals surface area contributed by atoms with Gasteiger partial charge in [-0.15, -0.1) is 11.8 Å². The lowest BCUT2D eigenvalue weighted by atomic mass is 10.2. The third kappa shape index (κ3) is 3.04. The monoisotopic (exact) mass is 265 g/mol. The predicted molar refractivity (Wildman–Crippen MR) is 69.5 cm³/mol. The average Bonchev–Trinajstić information content (AvgIpc) is 2.73. The summed E-state index contributed by atoms with van der Waals surface area (Å²) < 4.78 is 0. The number of rotatable bonds is 5. The van der Waals surface area contributed by atoms with Crippen molar-refractivity contribution < 1.29 is 14.7 Å². The number of aliphatic carboxylic acids is 1. The van der Waals surface area contributed by atoms with Crippen LogP contribution in [-0.4, -0.2) is 40.2 Å². The minimum Gasteiger partial charge on any atom is -0.480 e. The highest BCUT2D eigenvalue weighted by molar-refractivity contribution is 7.99. The number of amides is 1. The first-order chi connectivity index (χ1) is 8.68. The number of hydrogen-bond donors (Lipinski definition) is 1. The van der Waals surface area contributed by atoms with Crippen LogP contribution in [-0.2, 0) is 9.59 Å². The number of carbonyl (C=O) groups excluding carboxylic acids is 1. The van der Waals surface area contributed by atoms with Gasteiger partial charge in [0.05, 0.1) is 0 Å². The van der Waals surface area contributed by atoms with Crippen molar-refractivity contribution >= 4 is 23.6 Å². The number of thioether (sulfide) groups is 1. The molecule has 1 aliphatic heterocycles. The molecule has 1 N–H and O–H groups in total. The third-order valence-electron chi connectivity index (χ3n) is 2.96. The fraction of sp³-hybridized carbons (Fsp3) is 0.385. The summed E-state index contributed by atoms with van der Waals surface area (Å²) in [6.45, 7) is 0.495. The van der Waals surface area contributed by atoms with Gasteiger partial charge in [0.15, 0.2) is 0 Å². The Bertz CT molecular complexity index is 435. The van der Waals surface area contributed by atoms with Crippen LogP contribution in [0.3, 0.4) is 0 Å². The Morgan fingerprint density at radius 3 is 2.78 bits per heavy atom. The largest absolute Gasteiger partial charge is 0.480 e. The van der Waals surface area contributed by atoms with Gasteiger partial charge < -0.3 is 10.0 Å². The smallest absolute Gasteiger partial charge is 0.326 e. The van der Waals surface area contributed by atoms with Crippen LogP contribution in [0.2, 0.25) is 0 Å². The van der Waals surface area contributed by atoms with Crippen molar-refractivity contribution in [3.8, 4) is 0 Å². The van der Waals surface area contributed by atoms with Gasteiger partial charge in [-0.2, -0.15) is 0 Å². The Kier molecular flexibility index (Phi) is 4.25. The van der Waals surface area contributed by atoms with Crippen molar-refractivity contribution in [2.75, 3.05) is 12.3 Å². The molecular formula is C13H15NO3S. The summed E-state index contributed by atoms with van der Waals surface area (Å²) in [5.74, 6) is -0.221. The van der Waals surface area contributed by atoms with Gasteiger partial charge in [0.1, 0.15) is 6.04 Å². The zero-order chi connectivity index (χ0) is 13.0. The minimum atomic E-state index is -0.898. The van der Waals surface area contributed by atoms with Gasteiger partial charge in [0.2, 0.25) is 5.91 Å². The highest BCUT2D eigenvalue weighted by Gasteiger charge is 2.35. The molecule has 0 aliphatic carbocycles. The van der Waals surface area contributed by atoms with E-state index in [1.807, 2.05) is 30.3 Å². The van der Waals surface area contributed by atoms with Crippen molar-refractivity contribution in [1.29, 1.82) is 0 Å². The number of hydrogen-bond acceptors (Lipinski definition) is 3. The van der Waals surface area contributed by atoms with E-state index in [0.29, 0.717) is 19.4 Å². The number of benzene rings is 1. The average molecular weight is 265 g/mol. The number of carboxylic acid groups (broad SMARTS) is 1. The van der Waals surface area contributed by atoms with Gasteiger partial charge >= 0.3 is 5.97 Å². The Morgan fingerprint density at radius 1 is 1.39 bits per heavy atom. The van der Waals surface area contributed by atoms with E-state index < -0.39 is 12.0 Å². The Morgan fingerprint density at radius 2 is 2.11 bits per heavy atom. The summed E-state index contributed by atoms with van der Waals surface area (Å²) in [4.78, 5) is 25.2. The van der Waals surface area contributed by atoms with Crippen LogP contribution in [0.1, 0.15) is 12.8 Å². The molecule has 1 aliphatic rings. The van der Waals surface area contributed by atoms with Gasteiger partial charge in [0, 0.05) is 23.6 Å². The van der Waals surface area contributed by atoms with Gasteiger partial charge in [-0.05, 0) is 18.6 Å². The Labute approximate surface area is 110 Å². The quantitative estimate of drug-likeness (QED) is 0.826. The van der Waals surface area contributed by atoms with Crippen LogP contribution in [0.4, 0.5) is 0 Å². The van der Waals surface area contributed by atoms with Gasteiger partial charge in [-0.3, -0.25) is 4.79 Å². The molecule has 1 fully saturated rings. The summed E-state index contributed by atoms with van der Waals surface area (Å²) in [6, 6.07) is 9.26. The molecule has 18 heavy (non-hydrogen) atoms. The first-order valence-corrected chi connectivity index (χ1v) is 6.87. The SMILES string of the molecule is O=C(O)C1CCC(=O)N1CCSc1ccccc1. The lowest BCUT2D eigenvalue weighted by molar-refractivity contribution is -0.146. The molecule has 1 unspecified atom stereocenters. The molecule has 0 spiro atoms. The van der Waals surface area contributed by atoms with Crippen molar-refractivity contribution in [2.24, 2.45) is 0 Å². The van der Waals surface area contributed by atoms with E-state index in [1.165, 1.54) is 4.90 Å². The van der Waals surface area contributed by atoms with Crippen molar-refractivity contribution in [1.82, 2.24) is 4.90 Å². The summed E-state index contributed by atoms with van der Waals surface area (Å²) in [5, 5.41) is 9.02. The molecule has 0 saturated carbocycles. The predicted octanol–water partition coefficient (Wildman–Crippen LogP) is 1.85. The maximum atomic E-state index is 11.6. The number of carboxylic acids is 1. The molecule has 1 amide bonds. The van der Waals surface area contributed by atoms with Crippen LogP contribution >= 0.6 is 11.8 Å². The molecule has 5 heteroatoms. The first-order valence-electron chi connectivity index (χ1n) is 5.88. The van der Waals surface area contributed by atoms with Crippen LogP contribution in [0.15, 0.2) is 35.2 Å². The topological polar surface area (TPSA) is 57.6 Å². The molecule has 0 aromatic heterocycles.